The van der Waals surface area contributed by atoms with Gasteiger partial charge in [-0.3, -0.25) is 0 Å². The van der Waals surface area contributed by atoms with Gasteiger partial charge in [0, 0.05) is 9.75 Å². The van der Waals surface area contributed by atoms with Crippen molar-refractivity contribution < 1.29 is 5.11 Å². The minimum atomic E-state index is -0.168. The van der Waals surface area contributed by atoms with Crippen LogP contribution in [0.25, 0.3) is 0 Å². The van der Waals surface area contributed by atoms with E-state index in [1.54, 1.807) is 11.3 Å². The van der Waals surface area contributed by atoms with E-state index in [2.05, 4.69) is 13.0 Å². The van der Waals surface area contributed by atoms with Crippen LogP contribution in [-0.2, 0) is 12.8 Å². The molecule has 0 bridgehead atoms. The van der Waals surface area contributed by atoms with Crippen LogP contribution in [-0.4, -0.2) is 5.11 Å². The second kappa shape index (κ2) is 3.19. The second-order valence-corrected chi connectivity index (χ2v) is 4.53. The van der Waals surface area contributed by atoms with E-state index in [-0.39, 0.29) is 6.10 Å². The molecule has 0 saturated carbocycles. The van der Waals surface area contributed by atoms with Crippen LogP contribution in [0.15, 0.2) is 6.07 Å². The largest absolute Gasteiger partial charge is 0.388 e. The molecule has 1 aromatic heterocycles. The Morgan fingerprint density at radius 2 is 2.50 bits per heavy atom. The van der Waals surface area contributed by atoms with Crippen LogP contribution in [0.5, 0.6) is 0 Å². The molecule has 1 atom stereocenters. The molecule has 1 aliphatic rings. The quantitative estimate of drug-likeness (QED) is 0.708. The highest BCUT2D eigenvalue weighted by Crippen LogP contribution is 2.36. The molecule has 0 spiro atoms. The van der Waals surface area contributed by atoms with E-state index in [0.29, 0.717) is 0 Å². The fraction of sp³-hybridized carbons (Fsp3) is 0.600. The maximum atomic E-state index is 9.68. The molecule has 1 nitrogen and oxygen atoms in total. The lowest BCUT2D eigenvalue weighted by molar-refractivity contribution is 0.161. The van der Waals surface area contributed by atoms with Gasteiger partial charge >= 0.3 is 0 Å². The van der Waals surface area contributed by atoms with Gasteiger partial charge in [-0.1, -0.05) is 6.92 Å². The summed E-state index contributed by atoms with van der Waals surface area (Å²) in [5.41, 5.74) is 1.40. The summed E-state index contributed by atoms with van der Waals surface area (Å²) in [6.45, 7) is 2.17. The van der Waals surface area contributed by atoms with Gasteiger partial charge in [0.1, 0.15) is 0 Å². The van der Waals surface area contributed by atoms with Crippen LogP contribution in [0.2, 0.25) is 0 Å². The van der Waals surface area contributed by atoms with E-state index >= 15 is 0 Å². The molecule has 12 heavy (non-hydrogen) atoms. The number of hydrogen-bond acceptors (Lipinski definition) is 2. The second-order valence-electron chi connectivity index (χ2n) is 3.36. The molecule has 0 aliphatic heterocycles. The SMILES string of the molecule is CCc1cc2c(s1)C(O)CCC2. The Hall–Kier alpha value is -0.340. The fourth-order valence-corrected chi connectivity index (χ4v) is 2.94. The smallest absolute Gasteiger partial charge is 0.0885 e. The molecule has 0 saturated heterocycles. The molecule has 0 aromatic carbocycles. The van der Waals surface area contributed by atoms with E-state index in [1.165, 1.54) is 21.7 Å². The van der Waals surface area contributed by atoms with E-state index in [1.807, 2.05) is 0 Å². The van der Waals surface area contributed by atoms with Crippen LogP contribution in [0.3, 0.4) is 0 Å². The third kappa shape index (κ3) is 1.29. The number of fused-ring (bicyclic) bond motifs is 1. The van der Waals surface area contributed by atoms with Gasteiger partial charge in [0.05, 0.1) is 6.10 Å². The Morgan fingerprint density at radius 3 is 3.17 bits per heavy atom. The summed E-state index contributed by atoms with van der Waals surface area (Å²) in [6, 6.07) is 2.27. The maximum absolute atomic E-state index is 9.68. The van der Waals surface area contributed by atoms with Crippen molar-refractivity contribution in [2.75, 3.05) is 0 Å². The third-order valence-electron chi connectivity index (χ3n) is 2.47. The molecule has 0 radical (unpaired) electrons. The summed E-state index contributed by atoms with van der Waals surface area (Å²) < 4.78 is 0. The van der Waals surface area contributed by atoms with Crippen molar-refractivity contribution in [3.63, 3.8) is 0 Å². The molecular weight excluding hydrogens is 168 g/mol. The van der Waals surface area contributed by atoms with Crippen molar-refractivity contribution in [1.29, 1.82) is 0 Å². The number of aryl methyl sites for hydroxylation is 2. The van der Waals surface area contributed by atoms with E-state index < -0.39 is 0 Å². The molecule has 1 N–H and O–H groups in total. The Kier molecular flexibility index (Phi) is 2.20. The summed E-state index contributed by atoms with van der Waals surface area (Å²) in [4.78, 5) is 2.65. The van der Waals surface area contributed by atoms with Crippen LogP contribution in [0.4, 0.5) is 0 Å². The van der Waals surface area contributed by atoms with Crippen molar-refractivity contribution >= 4 is 11.3 Å². The normalized spacial score (nSPS) is 22.3. The zero-order valence-electron chi connectivity index (χ0n) is 7.34. The summed E-state index contributed by atoms with van der Waals surface area (Å²) in [5, 5.41) is 9.68. The average Bonchev–Trinajstić information content (AvgIpc) is 2.49. The first-order chi connectivity index (χ1) is 5.81. The molecule has 2 heteroatoms. The van der Waals surface area contributed by atoms with Gasteiger partial charge in [-0.2, -0.15) is 0 Å². The number of aliphatic hydroxyl groups is 1. The van der Waals surface area contributed by atoms with Crippen LogP contribution in [0.1, 0.15) is 41.2 Å². The fourth-order valence-electron chi connectivity index (χ4n) is 1.77. The molecule has 0 amide bonds. The van der Waals surface area contributed by atoms with Gasteiger partial charge < -0.3 is 5.11 Å². The minimum absolute atomic E-state index is 0.168. The lowest BCUT2D eigenvalue weighted by atomic mass is 9.97. The number of aliphatic hydroxyl groups excluding tert-OH is 1. The minimum Gasteiger partial charge on any atom is -0.388 e. The summed E-state index contributed by atoms with van der Waals surface area (Å²) >= 11 is 1.79. The van der Waals surface area contributed by atoms with Gasteiger partial charge in [-0.25, -0.2) is 0 Å². The first kappa shape index (κ1) is 8.27. The molecule has 1 unspecified atom stereocenters. The van der Waals surface area contributed by atoms with Crippen molar-refractivity contribution in [1.82, 2.24) is 0 Å². The highest BCUT2D eigenvalue weighted by atomic mass is 32.1. The zero-order chi connectivity index (χ0) is 8.55. The molecule has 2 rings (SSSR count). The zero-order valence-corrected chi connectivity index (χ0v) is 8.16. The predicted molar refractivity (Wildman–Crippen MR) is 51.6 cm³/mol. The number of thiophene rings is 1. The van der Waals surface area contributed by atoms with Gasteiger partial charge in [-0.15, -0.1) is 11.3 Å². The number of hydrogen-bond donors (Lipinski definition) is 1. The summed E-state index contributed by atoms with van der Waals surface area (Å²) in [5.74, 6) is 0. The molecule has 1 heterocycles. The molecule has 0 fully saturated rings. The lowest BCUT2D eigenvalue weighted by Gasteiger charge is -2.16. The average molecular weight is 182 g/mol. The summed E-state index contributed by atoms with van der Waals surface area (Å²) in [6.07, 6.45) is 4.21. The van der Waals surface area contributed by atoms with Crippen LogP contribution >= 0.6 is 11.3 Å². The van der Waals surface area contributed by atoms with Crippen molar-refractivity contribution in [3.8, 4) is 0 Å². The monoisotopic (exact) mass is 182 g/mol. The molecule has 1 aliphatic carbocycles. The van der Waals surface area contributed by atoms with Gasteiger partial charge in [0.2, 0.25) is 0 Å². The topological polar surface area (TPSA) is 20.2 Å². The number of rotatable bonds is 1. The maximum Gasteiger partial charge on any atom is 0.0885 e. The highest BCUT2D eigenvalue weighted by Gasteiger charge is 2.20. The van der Waals surface area contributed by atoms with E-state index in [0.717, 1.165) is 19.3 Å². The molecule has 66 valence electrons. The Balaban J connectivity index is 2.37. The highest BCUT2D eigenvalue weighted by molar-refractivity contribution is 7.12. The Labute approximate surface area is 77.0 Å². The van der Waals surface area contributed by atoms with Crippen molar-refractivity contribution in [2.24, 2.45) is 0 Å². The first-order valence-electron chi connectivity index (χ1n) is 4.60. The van der Waals surface area contributed by atoms with Gasteiger partial charge in [-0.05, 0) is 37.3 Å². The van der Waals surface area contributed by atoms with E-state index in [9.17, 15) is 5.11 Å². The first-order valence-corrected chi connectivity index (χ1v) is 5.42. The standard InChI is InChI=1S/C10H14OS/c1-2-8-6-7-4-3-5-9(11)10(7)12-8/h6,9,11H,2-5H2,1H3. The molecular formula is C10H14OS. The van der Waals surface area contributed by atoms with Crippen molar-refractivity contribution in [2.45, 2.75) is 38.7 Å². The van der Waals surface area contributed by atoms with Crippen molar-refractivity contribution in [3.05, 3.63) is 21.4 Å². The van der Waals surface area contributed by atoms with Crippen LogP contribution in [0, 0.1) is 0 Å². The predicted octanol–water partition coefficient (Wildman–Crippen LogP) is 2.68. The van der Waals surface area contributed by atoms with E-state index in [4.69, 9.17) is 0 Å². The Morgan fingerprint density at radius 1 is 1.67 bits per heavy atom. The molecule has 1 aromatic rings. The third-order valence-corrected chi connectivity index (χ3v) is 3.89. The van der Waals surface area contributed by atoms with Gasteiger partial charge in [0.25, 0.3) is 0 Å². The summed E-state index contributed by atoms with van der Waals surface area (Å²) in [7, 11) is 0. The Bertz CT molecular complexity index is 277. The van der Waals surface area contributed by atoms with Crippen LogP contribution < -0.4 is 0 Å². The van der Waals surface area contributed by atoms with Gasteiger partial charge in [0.15, 0.2) is 0 Å². The lowest BCUT2D eigenvalue weighted by Crippen LogP contribution is -2.04.